The van der Waals surface area contributed by atoms with Crippen molar-refractivity contribution in [3.05, 3.63) is 17.7 Å². The summed E-state index contributed by atoms with van der Waals surface area (Å²) in [6.45, 7) is 1.72. The van der Waals surface area contributed by atoms with E-state index in [1.165, 1.54) is 12.1 Å². The molecule has 0 saturated heterocycles. The number of Topliss-reactive ketones (excluding diaryl/α,β-unsaturated/α-hetero) is 1. The van der Waals surface area contributed by atoms with E-state index in [1.54, 1.807) is 6.92 Å². The van der Waals surface area contributed by atoms with Crippen molar-refractivity contribution in [3.63, 3.8) is 0 Å². The molecule has 0 radical (unpaired) electrons. The van der Waals surface area contributed by atoms with Crippen molar-refractivity contribution in [2.75, 3.05) is 0 Å². The standard InChI is InChI=1S/C10H12O4/c1-2-7(11)5-6-3-4-8(12)10(14)9(6)13/h3-4,12-14H,2,5H2,1H3. The van der Waals surface area contributed by atoms with Crippen LogP contribution in [-0.4, -0.2) is 21.1 Å². The lowest BCUT2D eigenvalue weighted by Crippen LogP contribution is -2.00. The molecule has 0 unspecified atom stereocenters. The van der Waals surface area contributed by atoms with Crippen LogP contribution in [0.2, 0.25) is 0 Å². The van der Waals surface area contributed by atoms with E-state index in [-0.39, 0.29) is 12.2 Å². The minimum Gasteiger partial charge on any atom is -0.504 e. The quantitative estimate of drug-likeness (QED) is 0.637. The van der Waals surface area contributed by atoms with Gasteiger partial charge in [-0.15, -0.1) is 0 Å². The second-order valence-corrected chi connectivity index (χ2v) is 3.01. The van der Waals surface area contributed by atoms with Gasteiger partial charge in [-0.3, -0.25) is 4.79 Å². The average molecular weight is 196 g/mol. The number of carbonyl (C=O) groups excluding carboxylic acids is 1. The fraction of sp³-hybridized carbons (Fsp3) is 0.300. The summed E-state index contributed by atoms with van der Waals surface area (Å²) in [5.74, 6) is -1.43. The Morgan fingerprint density at radius 3 is 2.43 bits per heavy atom. The van der Waals surface area contributed by atoms with E-state index in [0.717, 1.165) is 0 Å². The van der Waals surface area contributed by atoms with E-state index < -0.39 is 17.2 Å². The molecule has 4 nitrogen and oxygen atoms in total. The molecular formula is C10H12O4. The number of hydrogen-bond acceptors (Lipinski definition) is 4. The maximum absolute atomic E-state index is 11.1. The molecule has 1 aromatic rings. The highest BCUT2D eigenvalue weighted by molar-refractivity contribution is 5.81. The van der Waals surface area contributed by atoms with Gasteiger partial charge in [0.1, 0.15) is 5.78 Å². The molecule has 4 heteroatoms. The molecule has 76 valence electrons. The summed E-state index contributed by atoms with van der Waals surface area (Å²) in [5, 5.41) is 27.5. The fourth-order valence-electron chi connectivity index (χ4n) is 1.09. The second-order valence-electron chi connectivity index (χ2n) is 3.01. The van der Waals surface area contributed by atoms with Crippen molar-refractivity contribution in [1.29, 1.82) is 0 Å². The zero-order valence-corrected chi connectivity index (χ0v) is 7.82. The summed E-state index contributed by atoms with van der Waals surface area (Å²) in [6, 6.07) is 2.66. The Hall–Kier alpha value is -1.71. The predicted octanol–water partition coefficient (Wildman–Crippen LogP) is 1.32. The van der Waals surface area contributed by atoms with Crippen LogP contribution in [-0.2, 0) is 11.2 Å². The monoisotopic (exact) mass is 196 g/mol. The van der Waals surface area contributed by atoms with Crippen LogP contribution in [0, 0.1) is 0 Å². The first-order valence-electron chi connectivity index (χ1n) is 4.30. The van der Waals surface area contributed by atoms with Gasteiger partial charge >= 0.3 is 0 Å². The maximum atomic E-state index is 11.1. The predicted molar refractivity (Wildman–Crippen MR) is 50.4 cm³/mol. The number of hydrogen-bond donors (Lipinski definition) is 3. The number of carbonyl (C=O) groups is 1. The molecular weight excluding hydrogens is 184 g/mol. The largest absolute Gasteiger partial charge is 0.504 e. The molecule has 0 bridgehead atoms. The number of phenols is 3. The van der Waals surface area contributed by atoms with Gasteiger partial charge in [-0.25, -0.2) is 0 Å². The summed E-state index contributed by atoms with van der Waals surface area (Å²) in [5.41, 5.74) is 0.326. The van der Waals surface area contributed by atoms with Gasteiger partial charge in [0, 0.05) is 18.4 Å². The molecule has 0 heterocycles. The van der Waals surface area contributed by atoms with Crippen LogP contribution in [0.3, 0.4) is 0 Å². The first-order valence-corrected chi connectivity index (χ1v) is 4.30. The molecule has 0 atom stereocenters. The molecule has 0 saturated carbocycles. The van der Waals surface area contributed by atoms with Crippen molar-refractivity contribution >= 4 is 5.78 Å². The number of benzene rings is 1. The summed E-state index contributed by atoms with van der Waals surface area (Å²) >= 11 is 0. The normalized spacial score (nSPS) is 10.1. The van der Waals surface area contributed by atoms with Crippen LogP contribution >= 0.6 is 0 Å². The Bertz CT molecular complexity index is 357. The third-order valence-corrected chi connectivity index (χ3v) is 2.00. The number of ketones is 1. The van der Waals surface area contributed by atoms with Gasteiger partial charge in [0.2, 0.25) is 5.75 Å². The lowest BCUT2D eigenvalue weighted by molar-refractivity contribution is -0.118. The highest BCUT2D eigenvalue weighted by atomic mass is 16.3. The van der Waals surface area contributed by atoms with Crippen LogP contribution in [0.5, 0.6) is 17.2 Å². The lowest BCUT2D eigenvalue weighted by atomic mass is 10.1. The third-order valence-electron chi connectivity index (χ3n) is 2.00. The Morgan fingerprint density at radius 1 is 1.21 bits per heavy atom. The second kappa shape index (κ2) is 4.00. The molecule has 0 aliphatic carbocycles. The first kappa shape index (κ1) is 10.4. The van der Waals surface area contributed by atoms with Gasteiger partial charge in [-0.2, -0.15) is 0 Å². The van der Waals surface area contributed by atoms with Crippen molar-refractivity contribution < 1.29 is 20.1 Å². The molecule has 0 spiro atoms. The fourth-order valence-corrected chi connectivity index (χ4v) is 1.09. The smallest absolute Gasteiger partial charge is 0.200 e. The first-order chi connectivity index (χ1) is 6.56. The highest BCUT2D eigenvalue weighted by Crippen LogP contribution is 2.37. The Morgan fingerprint density at radius 2 is 1.86 bits per heavy atom. The van der Waals surface area contributed by atoms with E-state index in [9.17, 15) is 9.90 Å². The van der Waals surface area contributed by atoms with Crippen molar-refractivity contribution in [3.8, 4) is 17.2 Å². The van der Waals surface area contributed by atoms with Crippen LogP contribution < -0.4 is 0 Å². The third kappa shape index (κ3) is 1.96. The van der Waals surface area contributed by atoms with E-state index in [1.807, 2.05) is 0 Å². The van der Waals surface area contributed by atoms with Gasteiger partial charge in [0.15, 0.2) is 11.5 Å². The molecule has 1 aromatic carbocycles. The van der Waals surface area contributed by atoms with E-state index in [4.69, 9.17) is 10.2 Å². The molecule has 14 heavy (non-hydrogen) atoms. The zero-order chi connectivity index (χ0) is 10.7. The Balaban J connectivity index is 3.00. The van der Waals surface area contributed by atoms with Crippen LogP contribution in [0.1, 0.15) is 18.9 Å². The number of rotatable bonds is 3. The topological polar surface area (TPSA) is 77.8 Å². The summed E-state index contributed by atoms with van der Waals surface area (Å²) in [7, 11) is 0. The lowest BCUT2D eigenvalue weighted by Gasteiger charge is -2.06. The van der Waals surface area contributed by atoms with E-state index in [0.29, 0.717) is 12.0 Å². The van der Waals surface area contributed by atoms with E-state index >= 15 is 0 Å². The van der Waals surface area contributed by atoms with Gasteiger partial charge < -0.3 is 15.3 Å². The van der Waals surface area contributed by atoms with Crippen LogP contribution in [0.15, 0.2) is 12.1 Å². The molecule has 0 aromatic heterocycles. The minimum absolute atomic E-state index is 0.0367. The van der Waals surface area contributed by atoms with E-state index in [2.05, 4.69) is 0 Å². The minimum atomic E-state index is -0.577. The Labute approximate surface area is 81.4 Å². The van der Waals surface area contributed by atoms with Gasteiger partial charge in [0.25, 0.3) is 0 Å². The zero-order valence-electron chi connectivity index (χ0n) is 7.82. The Kier molecular flexibility index (Phi) is 2.96. The molecule has 0 aliphatic rings. The van der Waals surface area contributed by atoms with Crippen molar-refractivity contribution in [2.24, 2.45) is 0 Å². The highest BCUT2D eigenvalue weighted by Gasteiger charge is 2.12. The summed E-state index contributed by atoms with van der Waals surface area (Å²) in [6.07, 6.45) is 0.442. The molecule has 1 rings (SSSR count). The van der Waals surface area contributed by atoms with Crippen LogP contribution in [0.25, 0.3) is 0 Å². The van der Waals surface area contributed by atoms with Crippen molar-refractivity contribution in [2.45, 2.75) is 19.8 Å². The van der Waals surface area contributed by atoms with Gasteiger partial charge in [0.05, 0.1) is 0 Å². The number of phenolic OH excluding ortho intramolecular Hbond substituents is 3. The van der Waals surface area contributed by atoms with Gasteiger partial charge in [-0.1, -0.05) is 13.0 Å². The molecule has 0 amide bonds. The summed E-state index contributed by atoms with van der Waals surface area (Å²) < 4.78 is 0. The number of aromatic hydroxyl groups is 3. The van der Waals surface area contributed by atoms with Crippen molar-refractivity contribution in [1.82, 2.24) is 0 Å². The molecule has 0 aliphatic heterocycles. The van der Waals surface area contributed by atoms with Gasteiger partial charge in [-0.05, 0) is 6.07 Å². The molecule has 0 fully saturated rings. The SMILES string of the molecule is CCC(=O)Cc1ccc(O)c(O)c1O. The molecule has 3 N–H and O–H groups in total. The summed E-state index contributed by atoms with van der Waals surface area (Å²) in [4.78, 5) is 11.1. The average Bonchev–Trinajstić information content (AvgIpc) is 2.19. The van der Waals surface area contributed by atoms with Crippen LogP contribution in [0.4, 0.5) is 0 Å². The maximum Gasteiger partial charge on any atom is 0.200 e.